The molecule has 0 fully saturated rings. The molecule has 0 nitrogen and oxygen atoms in total. The van der Waals surface area contributed by atoms with E-state index in [2.05, 4.69) is 90.8 Å². The zero-order chi connectivity index (χ0) is 15.0. The molecule has 4 heteroatoms. The Labute approximate surface area is 159 Å². The van der Waals surface area contributed by atoms with Gasteiger partial charge in [-0.3, -0.25) is 0 Å². The van der Waals surface area contributed by atoms with Crippen molar-refractivity contribution in [1.29, 1.82) is 0 Å². The normalized spacial score (nSPS) is 12.6. The summed E-state index contributed by atoms with van der Waals surface area (Å²) in [5, 5.41) is 2.17. The van der Waals surface area contributed by atoms with Gasteiger partial charge in [0.05, 0.1) is 5.38 Å². The van der Waals surface area contributed by atoms with Crippen LogP contribution >= 0.6 is 66.1 Å². The monoisotopic (exact) mass is 534 g/mol. The lowest BCUT2D eigenvalue weighted by molar-refractivity contribution is 1.14. The molecule has 0 aliphatic carbocycles. The van der Waals surface area contributed by atoms with Gasteiger partial charge in [0.1, 0.15) is 0 Å². The molecule has 0 heterocycles. The molecule has 0 amide bonds. The van der Waals surface area contributed by atoms with Crippen LogP contribution in [-0.2, 0) is 0 Å². The van der Waals surface area contributed by atoms with Crippen LogP contribution in [0.1, 0.15) is 16.5 Å². The molecule has 0 bridgehead atoms. The average molecular weight is 536 g/mol. The van der Waals surface area contributed by atoms with Gasteiger partial charge in [-0.15, -0.1) is 11.6 Å². The van der Waals surface area contributed by atoms with Crippen molar-refractivity contribution < 1.29 is 0 Å². The summed E-state index contributed by atoms with van der Waals surface area (Å²) in [4.78, 5) is 0. The minimum absolute atomic E-state index is 0.188. The van der Waals surface area contributed by atoms with Crippen LogP contribution in [0, 0.1) is 3.57 Å². The lowest BCUT2D eigenvalue weighted by atomic mass is 9.98. The van der Waals surface area contributed by atoms with E-state index in [-0.39, 0.29) is 5.38 Å². The van der Waals surface area contributed by atoms with E-state index in [4.69, 9.17) is 11.6 Å². The predicted molar refractivity (Wildman–Crippen MR) is 106 cm³/mol. The first-order valence-corrected chi connectivity index (χ1v) is 9.44. The molecule has 3 aromatic rings. The summed E-state index contributed by atoms with van der Waals surface area (Å²) in [5.41, 5.74) is 2.22. The summed E-state index contributed by atoms with van der Waals surface area (Å²) < 4.78 is 3.31. The number of hydrogen-bond acceptors (Lipinski definition) is 0. The summed E-state index contributed by atoms with van der Waals surface area (Å²) in [5.74, 6) is 0. The van der Waals surface area contributed by atoms with Gasteiger partial charge in [0.15, 0.2) is 0 Å². The molecule has 3 aromatic carbocycles. The van der Waals surface area contributed by atoms with Crippen molar-refractivity contribution in [1.82, 2.24) is 0 Å². The fourth-order valence-electron chi connectivity index (χ4n) is 2.38. The maximum Gasteiger partial charge on any atom is 0.0852 e. The van der Waals surface area contributed by atoms with Crippen LogP contribution < -0.4 is 0 Å². The Morgan fingerprint density at radius 1 is 0.810 bits per heavy atom. The lowest BCUT2D eigenvalue weighted by Gasteiger charge is -2.16. The topological polar surface area (TPSA) is 0 Å². The van der Waals surface area contributed by atoms with Gasteiger partial charge < -0.3 is 0 Å². The maximum atomic E-state index is 6.79. The third kappa shape index (κ3) is 3.16. The number of benzene rings is 3. The van der Waals surface area contributed by atoms with Gasteiger partial charge in [0.2, 0.25) is 0 Å². The Morgan fingerprint density at radius 2 is 1.48 bits per heavy atom. The number of halogens is 4. The highest BCUT2D eigenvalue weighted by Gasteiger charge is 2.17. The van der Waals surface area contributed by atoms with Crippen LogP contribution in [0.4, 0.5) is 0 Å². The van der Waals surface area contributed by atoms with Crippen molar-refractivity contribution in [2.24, 2.45) is 0 Å². The Bertz CT molecular complexity index is 817. The molecule has 0 aliphatic heterocycles. The third-order valence-corrected chi connectivity index (χ3v) is 5.96. The summed E-state index contributed by atoms with van der Waals surface area (Å²) in [6.45, 7) is 0. The molecule has 21 heavy (non-hydrogen) atoms. The molecule has 0 aliphatic rings. The summed E-state index contributed by atoms with van der Waals surface area (Å²) >= 11 is 16.3. The maximum absolute atomic E-state index is 6.79. The van der Waals surface area contributed by atoms with Gasteiger partial charge in [-0.2, -0.15) is 0 Å². The van der Waals surface area contributed by atoms with E-state index in [1.54, 1.807) is 0 Å². The molecule has 3 rings (SSSR count). The number of fused-ring (bicyclic) bond motifs is 1. The van der Waals surface area contributed by atoms with Gasteiger partial charge in [0.25, 0.3) is 0 Å². The minimum atomic E-state index is -0.188. The molecule has 1 unspecified atom stereocenters. The van der Waals surface area contributed by atoms with Crippen LogP contribution in [0.2, 0.25) is 0 Å². The zero-order valence-corrected chi connectivity index (χ0v) is 16.9. The second kappa shape index (κ2) is 6.57. The van der Waals surface area contributed by atoms with Crippen molar-refractivity contribution in [2.75, 3.05) is 0 Å². The molecule has 0 spiro atoms. The fraction of sp³-hybridized carbons (Fsp3) is 0.0588. The van der Waals surface area contributed by atoms with E-state index in [9.17, 15) is 0 Å². The SMILES string of the molecule is ClC(c1cc(I)ccc1Br)c1ccc(Br)c2ccccc12. The van der Waals surface area contributed by atoms with Crippen molar-refractivity contribution in [2.45, 2.75) is 5.38 Å². The van der Waals surface area contributed by atoms with Crippen molar-refractivity contribution in [3.05, 3.63) is 78.2 Å². The van der Waals surface area contributed by atoms with E-state index < -0.39 is 0 Å². The van der Waals surface area contributed by atoms with Crippen LogP contribution in [0.3, 0.4) is 0 Å². The molecule has 0 saturated carbocycles. The van der Waals surface area contributed by atoms with Gasteiger partial charge in [0, 0.05) is 12.5 Å². The van der Waals surface area contributed by atoms with E-state index in [1.165, 1.54) is 14.3 Å². The molecule has 0 aromatic heterocycles. The number of rotatable bonds is 2. The highest BCUT2D eigenvalue weighted by Crippen LogP contribution is 2.39. The summed E-state index contributed by atoms with van der Waals surface area (Å²) in [6, 6.07) is 18.7. The van der Waals surface area contributed by atoms with Gasteiger partial charge >= 0.3 is 0 Å². The highest BCUT2D eigenvalue weighted by atomic mass is 127. The van der Waals surface area contributed by atoms with Crippen molar-refractivity contribution >= 4 is 76.8 Å². The van der Waals surface area contributed by atoms with Crippen LogP contribution in [0.25, 0.3) is 10.8 Å². The van der Waals surface area contributed by atoms with Gasteiger partial charge in [-0.25, -0.2) is 0 Å². The van der Waals surface area contributed by atoms with Crippen LogP contribution in [0.5, 0.6) is 0 Å². The Kier molecular flexibility index (Phi) is 4.94. The Hall–Kier alpha value is -0.100. The van der Waals surface area contributed by atoms with Crippen molar-refractivity contribution in [3.8, 4) is 0 Å². The zero-order valence-electron chi connectivity index (χ0n) is 10.8. The van der Waals surface area contributed by atoms with E-state index in [1.807, 2.05) is 18.2 Å². The predicted octanol–water partition coefficient (Wildman–Crippen LogP) is 7.30. The molecule has 0 N–H and O–H groups in total. The van der Waals surface area contributed by atoms with E-state index >= 15 is 0 Å². The Morgan fingerprint density at radius 3 is 2.24 bits per heavy atom. The van der Waals surface area contributed by atoms with E-state index in [0.29, 0.717) is 0 Å². The largest absolute Gasteiger partial charge is 0.113 e. The van der Waals surface area contributed by atoms with Gasteiger partial charge in [-0.05, 0) is 68.8 Å². The quantitative estimate of drug-likeness (QED) is 0.238. The summed E-state index contributed by atoms with van der Waals surface area (Å²) in [6.07, 6.45) is 0. The van der Waals surface area contributed by atoms with Crippen molar-refractivity contribution in [3.63, 3.8) is 0 Å². The number of hydrogen-bond donors (Lipinski definition) is 0. The average Bonchev–Trinajstić information content (AvgIpc) is 2.50. The molecule has 0 saturated heterocycles. The highest BCUT2D eigenvalue weighted by molar-refractivity contribution is 14.1. The molecule has 106 valence electrons. The Balaban J connectivity index is 2.20. The van der Waals surface area contributed by atoms with Crippen LogP contribution in [0.15, 0.2) is 63.5 Å². The molecule has 1 atom stereocenters. The second-order valence-corrected chi connectivity index (χ2v) is 8.10. The molecular formula is C17H10Br2ClI. The minimum Gasteiger partial charge on any atom is -0.113 e. The molecular weight excluding hydrogens is 526 g/mol. The standard InChI is InChI=1S/C17H10Br2ClI/c18-15-8-6-13(11-3-1-2-4-12(11)15)17(20)14-9-10(21)5-7-16(14)19/h1-9,17H. The lowest BCUT2D eigenvalue weighted by Crippen LogP contribution is -1.97. The fourth-order valence-corrected chi connectivity index (χ4v) is 4.35. The van der Waals surface area contributed by atoms with Crippen LogP contribution in [-0.4, -0.2) is 0 Å². The third-order valence-electron chi connectivity index (χ3n) is 3.41. The molecule has 0 radical (unpaired) electrons. The smallest absolute Gasteiger partial charge is 0.0852 e. The second-order valence-electron chi connectivity index (χ2n) is 4.71. The summed E-state index contributed by atoms with van der Waals surface area (Å²) in [7, 11) is 0. The van der Waals surface area contributed by atoms with Gasteiger partial charge in [-0.1, -0.05) is 62.2 Å². The number of alkyl halides is 1. The first-order valence-electron chi connectivity index (χ1n) is 6.34. The first-order chi connectivity index (χ1) is 10.1. The first kappa shape index (κ1) is 15.8. The van der Waals surface area contributed by atoms with E-state index in [0.717, 1.165) is 20.1 Å².